The number of ether oxygens (including phenoxy) is 2. The quantitative estimate of drug-likeness (QED) is 0.748. The van der Waals surface area contributed by atoms with Crippen molar-refractivity contribution >= 4 is 33.9 Å². The molecule has 0 saturated carbocycles. The maximum atomic E-state index is 12.4. The Balaban J connectivity index is 1.52. The van der Waals surface area contributed by atoms with Crippen LogP contribution < -0.4 is 15.0 Å². The number of esters is 1. The van der Waals surface area contributed by atoms with Gasteiger partial charge in [0, 0.05) is 36.7 Å². The lowest BCUT2D eigenvalue weighted by Crippen LogP contribution is -2.48. The molecule has 2 aromatic rings. The monoisotopic (exact) mass is 403 g/mol. The van der Waals surface area contributed by atoms with Gasteiger partial charge in [-0.2, -0.15) is 0 Å². The molecule has 1 fully saturated rings. The molecule has 0 unspecified atom stereocenters. The molecule has 1 aliphatic rings. The summed E-state index contributed by atoms with van der Waals surface area (Å²) in [6, 6.07) is 9.75. The number of piperazine rings is 1. The first kappa shape index (κ1) is 20.2. The van der Waals surface area contributed by atoms with Gasteiger partial charge in [-0.1, -0.05) is 0 Å². The minimum atomic E-state index is -0.437. The molecule has 7 nitrogen and oxygen atoms in total. The summed E-state index contributed by atoms with van der Waals surface area (Å²) in [5, 5.41) is 3.41. The Kier molecular flexibility index (Phi) is 6.53. The predicted octanol–water partition coefficient (Wildman–Crippen LogP) is 2.61. The van der Waals surface area contributed by atoms with Crippen molar-refractivity contribution < 1.29 is 19.1 Å². The van der Waals surface area contributed by atoms with E-state index in [1.165, 1.54) is 18.4 Å². The second-order valence-electron chi connectivity index (χ2n) is 6.60. The lowest BCUT2D eigenvalue weighted by atomic mass is 10.2. The van der Waals surface area contributed by atoms with E-state index >= 15 is 0 Å². The number of benzene rings is 1. The van der Waals surface area contributed by atoms with Crippen molar-refractivity contribution in [2.45, 2.75) is 6.92 Å². The Labute approximate surface area is 168 Å². The highest BCUT2D eigenvalue weighted by molar-refractivity contribution is 7.16. The first-order valence-corrected chi connectivity index (χ1v) is 9.91. The Hall–Kier alpha value is -2.58. The van der Waals surface area contributed by atoms with Crippen LogP contribution in [-0.2, 0) is 9.53 Å². The van der Waals surface area contributed by atoms with Gasteiger partial charge in [-0.3, -0.25) is 9.69 Å². The van der Waals surface area contributed by atoms with Gasteiger partial charge in [-0.15, -0.1) is 11.3 Å². The van der Waals surface area contributed by atoms with Crippen LogP contribution in [0.25, 0.3) is 0 Å². The molecule has 8 heteroatoms. The van der Waals surface area contributed by atoms with E-state index in [1.807, 2.05) is 19.1 Å². The third-order valence-corrected chi connectivity index (χ3v) is 5.66. The summed E-state index contributed by atoms with van der Waals surface area (Å²) in [5.74, 6) is 0.284. The molecule has 0 spiro atoms. The van der Waals surface area contributed by atoms with Crippen LogP contribution in [0.2, 0.25) is 0 Å². The molecule has 1 aromatic heterocycles. The minimum absolute atomic E-state index is 0.120. The molecule has 1 aromatic carbocycles. The normalized spacial score (nSPS) is 14.6. The maximum Gasteiger partial charge on any atom is 0.340 e. The van der Waals surface area contributed by atoms with Crippen LogP contribution in [0.1, 0.15) is 15.2 Å². The maximum absolute atomic E-state index is 12.4. The van der Waals surface area contributed by atoms with E-state index in [9.17, 15) is 9.59 Å². The highest BCUT2D eigenvalue weighted by Gasteiger charge is 2.21. The van der Waals surface area contributed by atoms with Gasteiger partial charge in [-0.25, -0.2) is 4.79 Å². The topological polar surface area (TPSA) is 71.1 Å². The minimum Gasteiger partial charge on any atom is -0.497 e. The average Bonchev–Trinajstić information content (AvgIpc) is 3.08. The highest BCUT2D eigenvalue weighted by atomic mass is 32.1. The number of nitrogens with zero attached hydrogens (tertiary/aromatic N) is 2. The van der Waals surface area contributed by atoms with Crippen LogP contribution >= 0.6 is 11.3 Å². The fourth-order valence-corrected chi connectivity index (χ4v) is 4.11. The van der Waals surface area contributed by atoms with Crippen molar-refractivity contribution in [1.82, 2.24) is 4.90 Å². The Morgan fingerprint density at radius 2 is 1.79 bits per heavy atom. The van der Waals surface area contributed by atoms with Crippen LogP contribution in [0.3, 0.4) is 0 Å². The number of aryl methyl sites for hydroxylation is 1. The second kappa shape index (κ2) is 9.07. The van der Waals surface area contributed by atoms with E-state index in [0.29, 0.717) is 17.1 Å². The molecule has 3 rings (SSSR count). The number of amides is 1. The summed E-state index contributed by atoms with van der Waals surface area (Å²) in [4.78, 5) is 29.7. The van der Waals surface area contributed by atoms with Crippen molar-refractivity contribution in [3.8, 4) is 5.75 Å². The largest absolute Gasteiger partial charge is 0.497 e. The summed E-state index contributed by atoms with van der Waals surface area (Å²) < 4.78 is 9.98. The highest BCUT2D eigenvalue weighted by Crippen LogP contribution is 2.28. The van der Waals surface area contributed by atoms with Gasteiger partial charge in [0.2, 0.25) is 5.91 Å². The zero-order chi connectivity index (χ0) is 20.1. The van der Waals surface area contributed by atoms with E-state index in [-0.39, 0.29) is 5.91 Å². The molecular formula is C20H25N3O4S. The number of thiophene rings is 1. The standard InChI is InChI=1S/C20H25N3O4S/c1-14-12-17(20(25)27-3)19(28-14)21-18(24)13-22-8-10-23(11-9-22)15-4-6-16(26-2)7-5-15/h4-7,12H,8-11,13H2,1-3H3,(H,21,24). The van der Waals surface area contributed by atoms with Crippen molar-refractivity contribution in [1.29, 1.82) is 0 Å². The van der Waals surface area contributed by atoms with Gasteiger partial charge in [0.15, 0.2) is 0 Å². The summed E-state index contributed by atoms with van der Waals surface area (Å²) >= 11 is 1.38. The number of carbonyl (C=O) groups is 2. The average molecular weight is 404 g/mol. The second-order valence-corrected chi connectivity index (χ2v) is 7.86. The van der Waals surface area contributed by atoms with Crippen LogP contribution in [0.15, 0.2) is 30.3 Å². The molecule has 1 N–H and O–H groups in total. The van der Waals surface area contributed by atoms with Crippen molar-refractivity contribution in [3.63, 3.8) is 0 Å². The van der Waals surface area contributed by atoms with Crippen LogP contribution in [-0.4, -0.2) is 63.7 Å². The number of carbonyl (C=O) groups excluding carboxylic acids is 2. The van der Waals surface area contributed by atoms with Gasteiger partial charge in [0.1, 0.15) is 10.8 Å². The molecule has 0 radical (unpaired) electrons. The molecule has 0 aliphatic carbocycles. The Morgan fingerprint density at radius 1 is 1.11 bits per heavy atom. The van der Waals surface area contributed by atoms with Crippen molar-refractivity contribution in [2.75, 3.05) is 57.2 Å². The van der Waals surface area contributed by atoms with Gasteiger partial charge in [0.25, 0.3) is 0 Å². The third-order valence-electron chi connectivity index (χ3n) is 4.69. The summed E-state index contributed by atoms with van der Waals surface area (Å²) in [5.41, 5.74) is 1.56. The zero-order valence-corrected chi connectivity index (χ0v) is 17.2. The Bertz CT molecular complexity index is 826. The lowest BCUT2D eigenvalue weighted by Gasteiger charge is -2.35. The van der Waals surface area contributed by atoms with Crippen molar-refractivity contribution in [3.05, 3.63) is 40.8 Å². The molecule has 1 aliphatic heterocycles. The number of nitrogens with one attached hydrogen (secondary N) is 1. The lowest BCUT2D eigenvalue weighted by molar-refractivity contribution is -0.117. The first-order valence-electron chi connectivity index (χ1n) is 9.10. The number of hydrogen-bond donors (Lipinski definition) is 1. The van der Waals surface area contributed by atoms with Gasteiger partial charge >= 0.3 is 5.97 Å². The number of rotatable bonds is 6. The van der Waals surface area contributed by atoms with E-state index in [2.05, 4.69) is 27.2 Å². The molecule has 28 heavy (non-hydrogen) atoms. The molecule has 2 heterocycles. The van der Waals surface area contributed by atoms with E-state index < -0.39 is 5.97 Å². The van der Waals surface area contributed by atoms with Gasteiger partial charge < -0.3 is 19.7 Å². The molecular weight excluding hydrogens is 378 g/mol. The third kappa shape index (κ3) is 4.82. The smallest absolute Gasteiger partial charge is 0.340 e. The van der Waals surface area contributed by atoms with Crippen LogP contribution in [0, 0.1) is 6.92 Å². The van der Waals surface area contributed by atoms with Crippen LogP contribution in [0.5, 0.6) is 5.75 Å². The SMILES string of the molecule is COC(=O)c1cc(C)sc1NC(=O)CN1CCN(c2ccc(OC)cc2)CC1. The molecule has 1 saturated heterocycles. The number of hydrogen-bond acceptors (Lipinski definition) is 7. The van der Waals surface area contributed by atoms with Crippen molar-refractivity contribution in [2.24, 2.45) is 0 Å². The zero-order valence-electron chi connectivity index (χ0n) is 16.4. The van der Waals surface area contributed by atoms with E-state index in [0.717, 1.165) is 42.5 Å². The first-order chi connectivity index (χ1) is 13.5. The number of anilines is 2. The van der Waals surface area contributed by atoms with Crippen LogP contribution in [0.4, 0.5) is 10.7 Å². The molecule has 0 atom stereocenters. The number of methoxy groups -OCH3 is 2. The summed E-state index contributed by atoms with van der Waals surface area (Å²) in [6.45, 7) is 5.50. The molecule has 1 amide bonds. The van der Waals surface area contributed by atoms with Gasteiger partial charge in [-0.05, 0) is 37.3 Å². The summed E-state index contributed by atoms with van der Waals surface area (Å²) in [6.07, 6.45) is 0. The molecule has 0 bridgehead atoms. The van der Waals surface area contributed by atoms with Gasteiger partial charge in [0.05, 0.1) is 26.3 Å². The fraction of sp³-hybridized carbons (Fsp3) is 0.400. The fourth-order valence-electron chi connectivity index (χ4n) is 3.20. The summed E-state index contributed by atoms with van der Waals surface area (Å²) in [7, 11) is 2.99. The van der Waals surface area contributed by atoms with E-state index in [1.54, 1.807) is 13.2 Å². The molecule has 150 valence electrons. The Morgan fingerprint density at radius 3 is 2.39 bits per heavy atom. The predicted molar refractivity (Wildman–Crippen MR) is 111 cm³/mol. The van der Waals surface area contributed by atoms with E-state index in [4.69, 9.17) is 9.47 Å².